The lowest BCUT2D eigenvalue weighted by molar-refractivity contribution is -0.138. The number of hydrogen-bond donors (Lipinski definition) is 1. The van der Waals surface area contributed by atoms with Gasteiger partial charge in [0.2, 0.25) is 0 Å². The van der Waals surface area contributed by atoms with Crippen LogP contribution in [-0.2, 0) is 11.3 Å². The van der Waals surface area contributed by atoms with Crippen LogP contribution in [0.25, 0.3) is 10.8 Å². The van der Waals surface area contributed by atoms with E-state index in [1.807, 2.05) is 53.4 Å². The van der Waals surface area contributed by atoms with E-state index in [1.165, 1.54) is 0 Å². The van der Waals surface area contributed by atoms with Gasteiger partial charge in [-0.2, -0.15) is 0 Å². The number of carbonyl (C=O) groups is 1. The van der Waals surface area contributed by atoms with Crippen LogP contribution in [0.2, 0.25) is 0 Å². The number of hydrogen-bond acceptors (Lipinski definition) is 2. The summed E-state index contributed by atoms with van der Waals surface area (Å²) in [6, 6.07) is 21.2. The molecule has 2 atom stereocenters. The van der Waals surface area contributed by atoms with Crippen LogP contribution in [0.4, 0.5) is 5.69 Å². The van der Waals surface area contributed by atoms with Crippen LogP contribution in [0.5, 0.6) is 0 Å². The maximum Gasteiger partial charge on any atom is 0.328 e. The number of benzene rings is 3. The Labute approximate surface area is 145 Å². The summed E-state index contributed by atoms with van der Waals surface area (Å²) >= 11 is 6.46. The number of fused-ring (bicyclic) bond motifs is 2. The highest BCUT2D eigenvalue weighted by molar-refractivity contribution is 6.24. The molecule has 0 saturated heterocycles. The fourth-order valence-corrected chi connectivity index (χ4v) is 3.94. The Balaban J connectivity index is 1.81. The van der Waals surface area contributed by atoms with Gasteiger partial charge < -0.3 is 10.0 Å². The van der Waals surface area contributed by atoms with Gasteiger partial charge in [-0.3, -0.25) is 0 Å². The van der Waals surface area contributed by atoms with E-state index in [9.17, 15) is 9.90 Å². The van der Waals surface area contributed by atoms with Gasteiger partial charge in [-0.15, -0.1) is 11.6 Å². The molecule has 0 radical (unpaired) electrons. The summed E-state index contributed by atoms with van der Waals surface area (Å²) in [4.78, 5) is 13.7. The number of nitrogens with zero attached hydrogens (tertiary/aromatic N) is 1. The molecule has 0 bridgehead atoms. The van der Waals surface area contributed by atoms with Crippen molar-refractivity contribution in [3.63, 3.8) is 0 Å². The predicted octanol–water partition coefficient (Wildman–Crippen LogP) is 4.59. The SMILES string of the molecule is O=C(O)C1C(Cl)c2ccccc2N1Cc1cccc2ccccc12. The minimum Gasteiger partial charge on any atom is -0.480 e. The maximum absolute atomic E-state index is 11.8. The monoisotopic (exact) mass is 337 g/mol. The molecule has 1 heterocycles. The molecule has 3 nitrogen and oxygen atoms in total. The summed E-state index contributed by atoms with van der Waals surface area (Å²) < 4.78 is 0. The molecule has 120 valence electrons. The van der Waals surface area contributed by atoms with Crippen LogP contribution in [0, 0.1) is 0 Å². The van der Waals surface area contributed by atoms with Gasteiger partial charge in [0.25, 0.3) is 0 Å². The quantitative estimate of drug-likeness (QED) is 0.710. The smallest absolute Gasteiger partial charge is 0.328 e. The Morgan fingerprint density at radius 3 is 2.54 bits per heavy atom. The van der Waals surface area contributed by atoms with Crippen LogP contribution in [0.15, 0.2) is 66.7 Å². The van der Waals surface area contributed by atoms with Gasteiger partial charge in [-0.25, -0.2) is 4.79 Å². The number of carboxylic acids is 1. The molecule has 3 aromatic rings. The van der Waals surface area contributed by atoms with Gasteiger partial charge >= 0.3 is 5.97 Å². The molecule has 0 saturated carbocycles. The van der Waals surface area contributed by atoms with Crippen LogP contribution in [0.3, 0.4) is 0 Å². The van der Waals surface area contributed by atoms with Gasteiger partial charge in [-0.05, 0) is 28.0 Å². The van der Waals surface area contributed by atoms with Crippen molar-refractivity contribution in [1.82, 2.24) is 0 Å². The zero-order valence-corrected chi connectivity index (χ0v) is 13.6. The molecular weight excluding hydrogens is 322 g/mol. The molecule has 0 aromatic heterocycles. The van der Waals surface area contributed by atoms with Crippen molar-refractivity contribution in [2.45, 2.75) is 18.0 Å². The van der Waals surface area contributed by atoms with Crippen LogP contribution >= 0.6 is 11.6 Å². The molecular formula is C20H16ClNO2. The van der Waals surface area contributed by atoms with Gasteiger partial charge in [0.05, 0.1) is 5.38 Å². The van der Waals surface area contributed by atoms with Gasteiger partial charge in [-0.1, -0.05) is 60.7 Å². The van der Waals surface area contributed by atoms with E-state index in [0.717, 1.165) is 27.6 Å². The molecule has 0 aliphatic carbocycles. The van der Waals surface area contributed by atoms with E-state index in [0.29, 0.717) is 6.54 Å². The summed E-state index contributed by atoms with van der Waals surface area (Å²) in [6.45, 7) is 0.512. The summed E-state index contributed by atoms with van der Waals surface area (Å²) in [6.07, 6.45) is 0. The van der Waals surface area contributed by atoms with Crippen LogP contribution in [0.1, 0.15) is 16.5 Å². The van der Waals surface area contributed by atoms with E-state index in [2.05, 4.69) is 18.2 Å². The zero-order valence-electron chi connectivity index (χ0n) is 12.9. The minimum atomic E-state index is -0.897. The number of carboxylic acid groups (broad SMARTS) is 1. The first kappa shape index (κ1) is 15.0. The third-order valence-corrected chi connectivity index (χ3v) is 5.10. The predicted molar refractivity (Wildman–Crippen MR) is 96.6 cm³/mol. The first-order valence-corrected chi connectivity index (χ1v) is 8.29. The van der Waals surface area contributed by atoms with Gasteiger partial charge in [0, 0.05) is 12.2 Å². The molecule has 1 aliphatic heterocycles. The number of aliphatic carboxylic acids is 1. The molecule has 0 fully saturated rings. The minimum absolute atomic E-state index is 0.512. The maximum atomic E-state index is 11.8. The van der Waals surface area contributed by atoms with Crippen LogP contribution < -0.4 is 4.90 Å². The first-order valence-electron chi connectivity index (χ1n) is 7.86. The average Bonchev–Trinajstić information content (AvgIpc) is 2.88. The number of rotatable bonds is 3. The van der Waals surface area contributed by atoms with Crippen molar-refractivity contribution in [1.29, 1.82) is 0 Å². The third kappa shape index (κ3) is 2.33. The number of para-hydroxylation sites is 1. The topological polar surface area (TPSA) is 40.5 Å². The van der Waals surface area contributed by atoms with Crippen molar-refractivity contribution in [3.8, 4) is 0 Å². The molecule has 24 heavy (non-hydrogen) atoms. The molecule has 0 spiro atoms. The summed E-state index contributed by atoms with van der Waals surface area (Å²) in [5, 5.41) is 11.4. The Morgan fingerprint density at radius 2 is 1.71 bits per heavy atom. The fourth-order valence-electron chi connectivity index (χ4n) is 3.52. The molecule has 4 rings (SSSR count). The van der Waals surface area contributed by atoms with Crippen molar-refractivity contribution in [2.75, 3.05) is 4.90 Å². The normalized spacial score (nSPS) is 19.5. The Bertz CT molecular complexity index is 919. The standard InChI is InChI=1S/C20H16ClNO2/c21-18-16-10-3-4-11-17(16)22(19(18)20(23)24)12-14-8-5-7-13-6-1-2-9-15(13)14/h1-11,18-19H,12H2,(H,23,24). The van der Waals surface area contributed by atoms with Crippen LogP contribution in [-0.4, -0.2) is 17.1 Å². The van der Waals surface area contributed by atoms with Gasteiger partial charge in [0.1, 0.15) is 6.04 Å². The molecule has 0 amide bonds. The Hall–Kier alpha value is -2.52. The third-order valence-electron chi connectivity index (χ3n) is 4.63. The second kappa shape index (κ2) is 5.84. The summed E-state index contributed by atoms with van der Waals surface area (Å²) in [7, 11) is 0. The van der Waals surface area contributed by atoms with Crippen molar-refractivity contribution in [3.05, 3.63) is 77.9 Å². The van der Waals surface area contributed by atoms with Crippen molar-refractivity contribution >= 4 is 34.0 Å². The zero-order chi connectivity index (χ0) is 16.7. The second-order valence-corrected chi connectivity index (χ2v) is 6.48. The molecule has 1 N–H and O–H groups in total. The highest BCUT2D eigenvalue weighted by Gasteiger charge is 2.41. The summed E-state index contributed by atoms with van der Waals surface area (Å²) in [5.41, 5.74) is 2.88. The van der Waals surface area contributed by atoms with Crippen molar-refractivity contribution < 1.29 is 9.90 Å². The highest BCUT2D eigenvalue weighted by atomic mass is 35.5. The van der Waals surface area contributed by atoms with Gasteiger partial charge in [0.15, 0.2) is 0 Å². The van der Waals surface area contributed by atoms with Crippen molar-refractivity contribution in [2.24, 2.45) is 0 Å². The molecule has 3 aromatic carbocycles. The number of anilines is 1. The first-order chi connectivity index (χ1) is 11.7. The average molecular weight is 338 g/mol. The Kier molecular flexibility index (Phi) is 3.66. The fraction of sp³-hybridized carbons (Fsp3) is 0.150. The highest BCUT2D eigenvalue weighted by Crippen LogP contribution is 2.44. The molecule has 4 heteroatoms. The molecule has 2 unspecified atom stereocenters. The van der Waals surface area contributed by atoms with E-state index in [4.69, 9.17) is 11.6 Å². The lowest BCUT2D eigenvalue weighted by Gasteiger charge is -2.26. The lowest BCUT2D eigenvalue weighted by Crippen LogP contribution is -2.39. The van der Waals surface area contributed by atoms with E-state index in [-0.39, 0.29) is 0 Å². The summed E-state index contributed by atoms with van der Waals surface area (Å²) in [5.74, 6) is -0.897. The van der Waals surface area contributed by atoms with E-state index >= 15 is 0 Å². The largest absolute Gasteiger partial charge is 0.480 e. The lowest BCUT2D eigenvalue weighted by atomic mass is 10.0. The molecule has 1 aliphatic rings. The second-order valence-electron chi connectivity index (χ2n) is 6.01. The number of alkyl halides is 1. The van der Waals surface area contributed by atoms with E-state index < -0.39 is 17.4 Å². The Morgan fingerprint density at radius 1 is 1.00 bits per heavy atom. The number of halogens is 1. The van der Waals surface area contributed by atoms with E-state index in [1.54, 1.807) is 0 Å².